The van der Waals surface area contributed by atoms with Crippen molar-refractivity contribution in [2.45, 2.75) is 165 Å². The van der Waals surface area contributed by atoms with Gasteiger partial charge < -0.3 is 4.74 Å². The first-order valence-corrected chi connectivity index (χ1v) is 34.6. The van der Waals surface area contributed by atoms with E-state index in [2.05, 4.69) is 370 Å². The molecule has 0 bridgehead atoms. The Balaban J connectivity index is 0.000000164. The Bertz CT molecular complexity index is 4390. The molecule has 498 valence electrons. The number of aryl methyl sites for hydroxylation is 19. The van der Waals surface area contributed by atoms with Gasteiger partial charge in [-0.05, 0) is 283 Å². The highest BCUT2D eigenvalue weighted by atomic mass is 16.5. The molecule has 12 rings (SSSR count). The fraction of sp³-hybridized carbons (Fsp3) is 0.250. The van der Waals surface area contributed by atoms with Gasteiger partial charge >= 0.3 is 0 Å². The molecule has 0 saturated carbocycles. The summed E-state index contributed by atoms with van der Waals surface area (Å²) >= 11 is 0. The average molecular weight is 1280 g/mol. The smallest absolute Gasteiger partial charge is 0.130 e. The van der Waals surface area contributed by atoms with Crippen molar-refractivity contribution in [1.82, 2.24) is 0 Å². The molecule has 0 atom stereocenters. The molecule has 12 aromatic carbocycles. The van der Waals surface area contributed by atoms with Crippen molar-refractivity contribution in [2.75, 3.05) is 0 Å². The first-order valence-electron chi connectivity index (χ1n) is 34.6. The lowest BCUT2D eigenvalue weighted by atomic mass is 9.91. The molecule has 0 spiro atoms. The van der Waals surface area contributed by atoms with Crippen LogP contribution < -0.4 is 4.74 Å². The second-order valence-corrected chi connectivity index (χ2v) is 27.8. The third-order valence-electron chi connectivity index (χ3n) is 17.9. The average Bonchev–Trinajstić information content (AvgIpc) is 0.823. The van der Waals surface area contributed by atoms with E-state index < -0.39 is 0 Å². The first kappa shape index (κ1) is 74.8. The number of benzene rings is 12. The topological polar surface area (TPSA) is 9.23 Å². The minimum atomic E-state index is 0.903. The number of hydrogen-bond donors (Lipinski definition) is 0. The molecule has 0 saturated heterocycles. The highest BCUT2D eigenvalue weighted by molar-refractivity contribution is 5.72. The van der Waals surface area contributed by atoms with Crippen LogP contribution in [0.3, 0.4) is 0 Å². The zero-order valence-electron chi connectivity index (χ0n) is 62.5. The molecule has 0 heterocycles. The van der Waals surface area contributed by atoms with Gasteiger partial charge in [-0.15, -0.1) is 0 Å². The van der Waals surface area contributed by atoms with Crippen LogP contribution in [0.5, 0.6) is 11.5 Å². The maximum Gasteiger partial charge on any atom is 0.130 e. The minimum absolute atomic E-state index is 0.903. The normalized spacial score (nSPS) is 10.4. The van der Waals surface area contributed by atoms with Gasteiger partial charge in [0, 0.05) is 0 Å². The third kappa shape index (κ3) is 24.2. The molecule has 0 fully saturated rings. The van der Waals surface area contributed by atoms with E-state index in [-0.39, 0.29) is 0 Å². The van der Waals surface area contributed by atoms with Crippen LogP contribution in [0.2, 0.25) is 0 Å². The van der Waals surface area contributed by atoms with E-state index >= 15 is 0 Å². The van der Waals surface area contributed by atoms with Crippen LogP contribution in [0.1, 0.15) is 150 Å². The molecule has 0 radical (unpaired) electrons. The maximum atomic E-state index is 5.90. The summed E-state index contributed by atoms with van der Waals surface area (Å²) in [5.74, 6) is 1.83. The Morgan fingerprint density at radius 3 is 0.979 bits per heavy atom. The highest BCUT2D eigenvalue weighted by Gasteiger charge is 2.10. The van der Waals surface area contributed by atoms with Crippen molar-refractivity contribution < 1.29 is 4.74 Å². The Hall–Kier alpha value is -9.56. The van der Waals surface area contributed by atoms with E-state index in [1.54, 1.807) is 0 Å². The summed E-state index contributed by atoms with van der Waals surface area (Å²) in [5.41, 5.74) is 41.7. The van der Waals surface area contributed by atoms with Crippen molar-refractivity contribution in [3.63, 3.8) is 0 Å². The lowest BCUT2D eigenvalue weighted by molar-refractivity contribution is 0.478. The van der Waals surface area contributed by atoms with Crippen LogP contribution in [0, 0.1) is 145 Å². The molecule has 0 aliphatic heterocycles. The summed E-state index contributed by atoms with van der Waals surface area (Å²) in [6, 6.07) is 85.4. The number of hydrogen-bond acceptors (Lipinski definition) is 1. The van der Waals surface area contributed by atoms with Crippen molar-refractivity contribution in [3.05, 3.63) is 387 Å². The first-order chi connectivity index (χ1) is 46.1. The molecule has 1 heteroatoms. The zero-order chi connectivity index (χ0) is 70.5. The van der Waals surface area contributed by atoms with E-state index in [4.69, 9.17) is 4.74 Å². The van der Waals surface area contributed by atoms with Gasteiger partial charge in [-0.2, -0.15) is 0 Å². The molecule has 97 heavy (non-hydrogen) atoms. The lowest BCUT2D eigenvalue weighted by Gasteiger charge is -2.14. The summed E-state index contributed by atoms with van der Waals surface area (Å²) in [4.78, 5) is 0. The van der Waals surface area contributed by atoms with Gasteiger partial charge in [0.15, 0.2) is 0 Å². The predicted octanol–water partition coefficient (Wildman–Crippen LogP) is 26.5. The van der Waals surface area contributed by atoms with Crippen molar-refractivity contribution in [1.29, 1.82) is 0 Å². The van der Waals surface area contributed by atoms with E-state index in [1.165, 1.54) is 172 Å². The highest BCUT2D eigenvalue weighted by Crippen LogP contribution is 2.32. The van der Waals surface area contributed by atoms with Crippen LogP contribution in [0.15, 0.2) is 237 Å². The zero-order valence-corrected chi connectivity index (χ0v) is 62.5. The van der Waals surface area contributed by atoms with Crippen molar-refractivity contribution in [2.24, 2.45) is 0 Å². The second kappa shape index (κ2) is 36.0. The van der Waals surface area contributed by atoms with Crippen LogP contribution in [-0.2, 0) is 19.3 Å². The Kier molecular flexibility index (Phi) is 27.8. The summed E-state index contributed by atoms with van der Waals surface area (Å²) in [6.45, 7) is 45.1. The minimum Gasteiger partial charge on any atom is -0.457 e. The fourth-order valence-electron chi connectivity index (χ4n) is 12.6. The van der Waals surface area contributed by atoms with Crippen molar-refractivity contribution in [3.8, 4) is 33.8 Å². The van der Waals surface area contributed by atoms with Gasteiger partial charge in [0.2, 0.25) is 0 Å². The molecule has 0 unspecified atom stereocenters. The van der Waals surface area contributed by atoms with Crippen LogP contribution in [-0.4, -0.2) is 0 Å². The fourth-order valence-corrected chi connectivity index (χ4v) is 12.6. The summed E-state index contributed by atoms with van der Waals surface area (Å²) in [6.07, 6.45) is 3.09. The number of rotatable bonds is 10. The second-order valence-electron chi connectivity index (χ2n) is 27.8. The summed E-state index contributed by atoms with van der Waals surface area (Å²) < 4.78 is 5.90. The molecular formula is C96H108O. The van der Waals surface area contributed by atoms with Gasteiger partial charge in [-0.25, -0.2) is 0 Å². The van der Waals surface area contributed by atoms with Gasteiger partial charge in [0.05, 0.1) is 0 Å². The molecule has 0 aliphatic carbocycles. The van der Waals surface area contributed by atoms with Gasteiger partial charge in [0.1, 0.15) is 11.5 Å². The molecule has 0 aromatic heterocycles. The Morgan fingerprint density at radius 1 is 0.196 bits per heavy atom. The predicted molar refractivity (Wildman–Crippen MR) is 423 cm³/mol. The Labute approximate surface area is 586 Å². The van der Waals surface area contributed by atoms with Gasteiger partial charge in [0.25, 0.3) is 0 Å². The monoisotopic (exact) mass is 1280 g/mol. The summed E-state index contributed by atoms with van der Waals surface area (Å²) in [5, 5.41) is 0. The third-order valence-corrected chi connectivity index (χ3v) is 17.9. The standard InChI is InChI=1S/C17H20.C16H18O.3C16H18.C15H16/c1-11-6-8-16(13(3)10-11)17-9-7-12(2)14(4)15(17)5;1-11-5-8-16(14(4)9-11)17-15-7-6-12(2)13(3)10-15;1-12-4-6-15(7-5-12)11-16-9-13(2)8-14(3)10-16;2*1-12-5-4-6-15(8-12)11-16-9-13(2)7-14(3)10-16;1-11-4-7-14(8-5-11)15-9-6-12(2)10-13(15)3/h6-10H,1-5H3;5-10H,1-4H3;3*4-10H,11H2,1-3H3;4-10H,1-3H3. The summed E-state index contributed by atoms with van der Waals surface area (Å²) in [7, 11) is 0. The Morgan fingerprint density at radius 2 is 0.557 bits per heavy atom. The van der Waals surface area contributed by atoms with E-state index in [1.807, 2.05) is 12.1 Å². The SMILES string of the molecule is Cc1ccc(-c2ccc(C)c(C)c2C)c(C)c1.Cc1ccc(-c2ccc(C)cc2C)cc1.Cc1ccc(Cc2cc(C)cc(C)c2)cc1.Cc1ccc(Oc2ccc(C)c(C)c2)c(C)c1.Cc1cccc(Cc2cc(C)cc(C)c2)c1.Cc1cccc(Cc2cc(C)cc(C)c2)c1. The molecular weight excluding hydrogens is 1170 g/mol. The molecule has 0 N–H and O–H groups in total. The molecule has 0 aliphatic rings. The number of ether oxygens (including phenoxy) is 1. The van der Waals surface area contributed by atoms with Crippen molar-refractivity contribution >= 4 is 0 Å². The molecule has 1 nitrogen and oxygen atoms in total. The van der Waals surface area contributed by atoms with E-state index in [0.717, 1.165) is 30.8 Å². The van der Waals surface area contributed by atoms with Gasteiger partial charge in [-0.1, -0.05) is 291 Å². The largest absolute Gasteiger partial charge is 0.457 e. The molecule has 12 aromatic rings. The maximum absolute atomic E-state index is 5.90. The lowest BCUT2D eigenvalue weighted by Crippen LogP contribution is -1.92. The van der Waals surface area contributed by atoms with Crippen LogP contribution >= 0.6 is 0 Å². The molecule has 0 amide bonds. The quantitative estimate of drug-likeness (QED) is 0.133. The van der Waals surface area contributed by atoms with E-state index in [9.17, 15) is 0 Å². The van der Waals surface area contributed by atoms with E-state index in [0.29, 0.717) is 0 Å². The van der Waals surface area contributed by atoms with Crippen LogP contribution in [0.4, 0.5) is 0 Å². The van der Waals surface area contributed by atoms with Crippen LogP contribution in [0.25, 0.3) is 22.3 Å². The van der Waals surface area contributed by atoms with Gasteiger partial charge in [-0.3, -0.25) is 0 Å².